The smallest absolute Gasteiger partial charge is 0.226 e. The van der Waals surface area contributed by atoms with Gasteiger partial charge in [-0.05, 0) is 32.6 Å². The number of aliphatic imine (C=N–C) groups is 2. The maximum absolute atomic E-state index is 5.88. The molecule has 0 aromatic heterocycles. The summed E-state index contributed by atoms with van der Waals surface area (Å²) in [6, 6.07) is 0. The van der Waals surface area contributed by atoms with Gasteiger partial charge in [0.25, 0.3) is 0 Å². The van der Waals surface area contributed by atoms with Gasteiger partial charge in [0.2, 0.25) is 11.9 Å². The summed E-state index contributed by atoms with van der Waals surface area (Å²) < 4.78 is 0. The van der Waals surface area contributed by atoms with Crippen LogP contribution in [-0.4, -0.2) is 29.3 Å². The molecule has 0 atom stereocenters. The van der Waals surface area contributed by atoms with Crippen LogP contribution in [-0.2, 0) is 4.84 Å². The lowest BCUT2D eigenvalue weighted by molar-refractivity contribution is -0.167. The van der Waals surface area contributed by atoms with Gasteiger partial charge in [-0.1, -0.05) is 25.7 Å². The zero-order valence-electron chi connectivity index (χ0n) is 11.9. The van der Waals surface area contributed by atoms with Crippen molar-refractivity contribution in [2.75, 3.05) is 6.61 Å². The van der Waals surface area contributed by atoms with E-state index in [4.69, 9.17) is 16.3 Å². The second-order valence-electron chi connectivity index (χ2n) is 5.88. The first-order valence-electron chi connectivity index (χ1n) is 7.11. The van der Waals surface area contributed by atoms with Gasteiger partial charge < -0.3 is 11.5 Å². The van der Waals surface area contributed by atoms with E-state index in [0.717, 1.165) is 0 Å². The van der Waals surface area contributed by atoms with E-state index in [2.05, 4.69) is 9.98 Å². The highest BCUT2D eigenvalue weighted by Gasteiger charge is 2.33. The Bertz CT molecular complexity index is 369. The molecule has 2 rings (SSSR count). The third-order valence-electron chi connectivity index (χ3n) is 3.74. The van der Waals surface area contributed by atoms with Crippen LogP contribution in [0.3, 0.4) is 0 Å². The SMILES string of the molecule is CC1(C)N=C(N)N=C(N)N1OCC1CCCCCC1. The predicted octanol–water partition coefficient (Wildman–Crippen LogP) is 1.57. The van der Waals surface area contributed by atoms with Gasteiger partial charge in [-0.15, -0.1) is 0 Å². The Kier molecular flexibility index (Phi) is 4.29. The molecule has 0 radical (unpaired) electrons. The number of nitrogens with zero attached hydrogens (tertiary/aromatic N) is 3. The number of guanidine groups is 2. The van der Waals surface area contributed by atoms with Crippen LogP contribution in [0, 0.1) is 5.92 Å². The zero-order chi connectivity index (χ0) is 13.9. The Morgan fingerprint density at radius 1 is 1.21 bits per heavy atom. The van der Waals surface area contributed by atoms with E-state index in [1.54, 1.807) is 5.06 Å². The molecule has 4 N–H and O–H groups in total. The molecule has 0 saturated heterocycles. The van der Waals surface area contributed by atoms with Crippen LogP contribution >= 0.6 is 0 Å². The van der Waals surface area contributed by atoms with Crippen LogP contribution in [0.4, 0.5) is 0 Å². The average Bonchev–Trinajstić information content (AvgIpc) is 2.54. The topological polar surface area (TPSA) is 89.2 Å². The van der Waals surface area contributed by atoms with Crippen molar-refractivity contribution in [3.05, 3.63) is 0 Å². The molecule has 1 aliphatic carbocycles. The Morgan fingerprint density at radius 3 is 2.42 bits per heavy atom. The highest BCUT2D eigenvalue weighted by molar-refractivity contribution is 5.95. The highest BCUT2D eigenvalue weighted by Crippen LogP contribution is 2.25. The van der Waals surface area contributed by atoms with Crippen molar-refractivity contribution in [2.24, 2.45) is 27.4 Å². The van der Waals surface area contributed by atoms with E-state index in [1.807, 2.05) is 13.8 Å². The molecule has 2 aliphatic rings. The Labute approximate surface area is 114 Å². The molecule has 0 amide bonds. The fourth-order valence-electron chi connectivity index (χ4n) is 2.73. The molecule has 6 heteroatoms. The van der Waals surface area contributed by atoms with Gasteiger partial charge >= 0.3 is 0 Å². The summed E-state index contributed by atoms with van der Waals surface area (Å²) in [5.41, 5.74) is 10.9. The monoisotopic (exact) mass is 267 g/mol. The van der Waals surface area contributed by atoms with Crippen LogP contribution in [0.5, 0.6) is 0 Å². The summed E-state index contributed by atoms with van der Waals surface area (Å²) in [6.07, 6.45) is 7.75. The van der Waals surface area contributed by atoms with Crippen molar-refractivity contribution in [3.63, 3.8) is 0 Å². The van der Waals surface area contributed by atoms with E-state index in [9.17, 15) is 0 Å². The minimum Gasteiger partial charge on any atom is -0.368 e. The van der Waals surface area contributed by atoms with E-state index in [1.165, 1.54) is 38.5 Å². The largest absolute Gasteiger partial charge is 0.368 e. The van der Waals surface area contributed by atoms with Crippen molar-refractivity contribution in [1.82, 2.24) is 5.06 Å². The summed E-state index contributed by atoms with van der Waals surface area (Å²) >= 11 is 0. The van der Waals surface area contributed by atoms with Crippen LogP contribution < -0.4 is 11.5 Å². The summed E-state index contributed by atoms with van der Waals surface area (Å²) in [7, 11) is 0. The fourth-order valence-corrected chi connectivity index (χ4v) is 2.73. The second-order valence-corrected chi connectivity index (χ2v) is 5.88. The lowest BCUT2D eigenvalue weighted by Gasteiger charge is -2.37. The van der Waals surface area contributed by atoms with Gasteiger partial charge in [-0.25, -0.2) is 4.99 Å². The molecule has 108 valence electrons. The predicted molar refractivity (Wildman–Crippen MR) is 76.3 cm³/mol. The molecule has 1 aliphatic heterocycles. The first-order valence-corrected chi connectivity index (χ1v) is 7.11. The number of hydrogen-bond donors (Lipinski definition) is 2. The Morgan fingerprint density at radius 2 is 1.84 bits per heavy atom. The van der Waals surface area contributed by atoms with Gasteiger partial charge in [0.1, 0.15) is 0 Å². The molecule has 0 spiro atoms. The van der Waals surface area contributed by atoms with Gasteiger partial charge in [0, 0.05) is 0 Å². The standard InChI is InChI=1S/C13H25N5O/c1-13(2)17-11(14)16-12(15)18(13)19-9-10-7-5-3-4-6-8-10/h10H,3-9H2,1-2H3,(H4,14,15,16,17). The molecule has 6 nitrogen and oxygen atoms in total. The second kappa shape index (κ2) is 5.77. The van der Waals surface area contributed by atoms with Crippen molar-refractivity contribution in [2.45, 2.75) is 58.0 Å². The first-order chi connectivity index (χ1) is 8.99. The summed E-state index contributed by atoms with van der Waals surface area (Å²) in [6.45, 7) is 4.50. The van der Waals surface area contributed by atoms with Crippen LogP contribution in [0.1, 0.15) is 52.4 Å². The van der Waals surface area contributed by atoms with E-state index < -0.39 is 5.66 Å². The first kappa shape index (κ1) is 14.1. The average molecular weight is 267 g/mol. The number of nitrogens with two attached hydrogens (primary N) is 2. The minimum absolute atomic E-state index is 0.205. The van der Waals surface area contributed by atoms with Crippen LogP contribution in [0.2, 0.25) is 0 Å². The van der Waals surface area contributed by atoms with Crippen LogP contribution in [0.15, 0.2) is 9.98 Å². The maximum atomic E-state index is 5.88. The maximum Gasteiger partial charge on any atom is 0.226 e. The molecule has 19 heavy (non-hydrogen) atoms. The third kappa shape index (κ3) is 3.59. The van der Waals surface area contributed by atoms with Gasteiger partial charge in [0.15, 0.2) is 5.66 Å². The number of rotatable bonds is 3. The van der Waals surface area contributed by atoms with E-state index in [-0.39, 0.29) is 11.9 Å². The van der Waals surface area contributed by atoms with Crippen molar-refractivity contribution < 1.29 is 4.84 Å². The minimum atomic E-state index is -0.597. The highest BCUT2D eigenvalue weighted by atomic mass is 16.7. The molecule has 1 fully saturated rings. The van der Waals surface area contributed by atoms with Crippen molar-refractivity contribution >= 4 is 11.9 Å². The number of hydrogen-bond acceptors (Lipinski definition) is 6. The van der Waals surface area contributed by atoms with Crippen molar-refractivity contribution in [3.8, 4) is 0 Å². The molecular weight excluding hydrogens is 242 g/mol. The van der Waals surface area contributed by atoms with E-state index in [0.29, 0.717) is 12.5 Å². The van der Waals surface area contributed by atoms with Crippen molar-refractivity contribution in [1.29, 1.82) is 0 Å². The molecular formula is C13H25N5O. The number of hydroxylamine groups is 2. The lowest BCUT2D eigenvalue weighted by Crippen LogP contribution is -2.54. The molecule has 0 aromatic rings. The zero-order valence-corrected chi connectivity index (χ0v) is 11.9. The van der Waals surface area contributed by atoms with E-state index >= 15 is 0 Å². The normalized spacial score (nSPS) is 24.6. The molecule has 0 unspecified atom stereocenters. The lowest BCUT2D eigenvalue weighted by atomic mass is 10.0. The third-order valence-corrected chi connectivity index (χ3v) is 3.74. The van der Waals surface area contributed by atoms with Gasteiger partial charge in [-0.2, -0.15) is 10.1 Å². The Hall–Kier alpha value is -1.30. The van der Waals surface area contributed by atoms with Gasteiger partial charge in [0.05, 0.1) is 6.61 Å². The quantitative estimate of drug-likeness (QED) is 0.760. The van der Waals surface area contributed by atoms with Crippen LogP contribution in [0.25, 0.3) is 0 Å². The molecule has 1 saturated carbocycles. The summed E-state index contributed by atoms with van der Waals surface area (Å²) in [5.74, 6) is 1.09. The Balaban J connectivity index is 1.93. The molecule has 1 heterocycles. The summed E-state index contributed by atoms with van der Waals surface area (Å²) in [4.78, 5) is 14.1. The summed E-state index contributed by atoms with van der Waals surface area (Å²) in [5, 5.41) is 1.58. The fraction of sp³-hybridized carbons (Fsp3) is 0.846. The molecule has 0 aromatic carbocycles. The molecule has 0 bridgehead atoms. The van der Waals surface area contributed by atoms with Gasteiger partial charge in [-0.3, -0.25) is 4.84 Å².